The number of benzene rings is 1. The van der Waals surface area contributed by atoms with Gasteiger partial charge in [-0.15, -0.1) is 11.3 Å². The van der Waals surface area contributed by atoms with Crippen LogP contribution in [0, 0.1) is 0 Å². The Morgan fingerprint density at radius 3 is 2.91 bits per heavy atom. The normalized spacial score (nSPS) is 19.7. The molecule has 0 radical (unpaired) electrons. The number of nitrogens with one attached hydrogen (secondary N) is 1. The monoisotopic (exact) mass is 368 g/mol. The van der Waals surface area contributed by atoms with Crippen molar-refractivity contribution in [3.05, 3.63) is 50.6 Å². The largest absolute Gasteiger partial charge is 0.323 e. The van der Waals surface area contributed by atoms with E-state index < -0.39 is 0 Å². The lowest BCUT2D eigenvalue weighted by Gasteiger charge is -2.29. The van der Waals surface area contributed by atoms with E-state index in [0.717, 1.165) is 19.4 Å². The zero-order valence-electron chi connectivity index (χ0n) is 12.8. The van der Waals surface area contributed by atoms with Gasteiger partial charge in [0.25, 0.3) is 0 Å². The minimum Gasteiger partial charge on any atom is -0.323 e. The Balaban J connectivity index is 1.71. The number of rotatable bonds is 4. The molecular formula is C17H18Cl2N2OS. The summed E-state index contributed by atoms with van der Waals surface area (Å²) in [6.45, 7) is 2.89. The van der Waals surface area contributed by atoms with Crippen LogP contribution in [0.15, 0.2) is 35.7 Å². The molecule has 2 aromatic rings. The average molecular weight is 369 g/mol. The van der Waals surface area contributed by atoms with Gasteiger partial charge in [-0.1, -0.05) is 29.3 Å². The third kappa shape index (κ3) is 3.72. The van der Waals surface area contributed by atoms with Gasteiger partial charge in [-0.2, -0.15) is 0 Å². The van der Waals surface area contributed by atoms with E-state index in [2.05, 4.69) is 27.7 Å². The van der Waals surface area contributed by atoms with E-state index in [-0.39, 0.29) is 11.9 Å². The first-order chi connectivity index (χ1) is 11.1. The number of carbonyl (C=O) groups excluding carboxylic acids is 1. The maximum Gasteiger partial charge on any atom is 0.241 e. The van der Waals surface area contributed by atoms with Gasteiger partial charge < -0.3 is 5.32 Å². The molecule has 2 atom stereocenters. The van der Waals surface area contributed by atoms with Crippen LogP contribution in [0.5, 0.6) is 0 Å². The highest BCUT2D eigenvalue weighted by atomic mass is 35.5. The second-order valence-corrected chi connectivity index (χ2v) is 7.52. The summed E-state index contributed by atoms with van der Waals surface area (Å²) >= 11 is 13.8. The molecule has 23 heavy (non-hydrogen) atoms. The van der Waals surface area contributed by atoms with Crippen molar-refractivity contribution in [1.82, 2.24) is 4.90 Å². The third-order valence-electron chi connectivity index (χ3n) is 4.23. The molecule has 0 aliphatic carbocycles. The number of nitrogens with zero attached hydrogens (tertiary/aromatic N) is 1. The first-order valence-corrected chi connectivity index (χ1v) is 9.25. The third-order valence-corrected chi connectivity index (χ3v) is 5.75. The first-order valence-electron chi connectivity index (χ1n) is 7.61. The van der Waals surface area contributed by atoms with Gasteiger partial charge in [0.2, 0.25) is 5.91 Å². The van der Waals surface area contributed by atoms with Crippen LogP contribution in [-0.2, 0) is 4.79 Å². The molecular weight excluding hydrogens is 351 g/mol. The molecule has 3 nitrogen and oxygen atoms in total. The van der Waals surface area contributed by atoms with Gasteiger partial charge in [0.1, 0.15) is 0 Å². The van der Waals surface area contributed by atoms with Crippen LogP contribution in [0.25, 0.3) is 0 Å². The molecule has 1 aliphatic rings. The summed E-state index contributed by atoms with van der Waals surface area (Å²) in [4.78, 5) is 16.2. The summed E-state index contributed by atoms with van der Waals surface area (Å²) in [6, 6.07) is 9.41. The second-order valence-electron chi connectivity index (χ2n) is 5.70. The smallest absolute Gasteiger partial charge is 0.241 e. The van der Waals surface area contributed by atoms with Crippen LogP contribution in [0.2, 0.25) is 10.0 Å². The summed E-state index contributed by atoms with van der Waals surface area (Å²) in [7, 11) is 0. The number of halogens is 2. The standard InChI is InChI=1S/C17H18Cl2N2OS/c1-11(17(22)20-14-7-6-12(18)10-13(14)19)21-8-2-4-15(21)16-5-3-9-23-16/h3,5-7,9-11,15H,2,4,8H2,1H3,(H,20,22)/t11-,15-/m1/s1. The van der Waals surface area contributed by atoms with Crippen molar-refractivity contribution in [1.29, 1.82) is 0 Å². The zero-order valence-corrected chi connectivity index (χ0v) is 15.1. The maximum absolute atomic E-state index is 12.6. The minimum absolute atomic E-state index is 0.0438. The van der Waals surface area contributed by atoms with Gasteiger partial charge in [0, 0.05) is 15.9 Å². The molecule has 2 heterocycles. The molecule has 0 unspecified atom stereocenters. The molecule has 1 aromatic heterocycles. The fourth-order valence-electron chi connectivity index (χ4n) is 3.02. The topological polar surface area (TPSA) is 32.3 Å². The van der Waals surface area contributed by atoms with Crippen molar-refractivity contribution in [2.24, 2.45) is 0 Å². The van der Waals surface area contributed by atoms with Gasteiger partial charge in [-0.25, -0.2) is 0 Å². The predicted molar refractivity (Wildman–Crippen MR) is 97.6 cm³/mol. The SMILES string of the molecule is C[C@H](C(=O)Nc1ccc(Cl)cc1Cl)N1CCC[C@@H]1c1cccs1. The Kier molecular flexibility index (Phi) is 5.27. The molecule has 1 saturated heterocycles. The molecule has 1 aromatic carbocycles. The fraction of sp³-hybridized carbons (Fsp3) is 0.353. The average Bonchev–Trinajstić information content (AvgIpc) is 3.19. The zero-order chi connectivity index (χ0) is 16.4. The molecule has 0 saturated carbocycles. The Hall–Kier alpha value is -1.07. The van der Waals surface area contributed by atoms with Gasteiger partial charge in [-0.05, 0) is 56.0 Å². The summed E-state index contributed by atoms with van der Waals surface area (Å²) in [5.41, 5.74) is 0.597. The second kappa shape index (κ2) is 7.22. The lowest BCUT2D eigenvalue weighted by atomic mass is 10.1. The van der Waals surface area contributed by atoms with E-state index >= 15 is 0 Å². The highest BCUT2D eigenvalue weighted by Gasteiger charge is 2.33. The lowest BCUT2D eigenvalue weighted by molar-refractivity contribution is -0.121. The van der Waals surface area contributed by atoms with E-state index in [1.54, 1.807) is 29.5 Å². The molecule has 1 amide bonds. The van der Waals surface area contributed by atoms with Gasteiger partial charge in [0.15, 0.2) is 0 Å². The molecule has 122 valence electrons. The van der Waals surface area contributed by atoms with E-state index in [0.29, 0.717) is 21.8 Å². The molecule has 1 aliphatic heterocycles. The fourth-order valence-corrected chi connectivity index (χ4v) is 4.36. The van der Waals surface area contributed by atoms with Gasteiger partial charge in [-0.3, -0.25) is 9.69 Å². The number of thiophene rings is 1. The summed E-state index contributed by atoms with van der Waals surface area (Å²) in [5.74, 6) is -0.0438. The molecule has 1 fully saturated rings. The van der Waals surface area contributed by atoms with E-state index in [1.807, 2.05) is 6.92 Å². The Morgan fingerprint density at radius 1 is 1.39 bits per heavy atom. The van der Waals surface area contributed by atoms with Crippen molar-refractivity contribution in [2.45, 2.75) is 31.8 Å². The predicted octanol–water partition coefficient (Wildman–Crippen LogP) is 5.22. The van der Waals surface area contributed by atoms with Crippen molar-refractivity contribution in [2.75, 3.05) is 11.9 Å². The quantitative estimate of drug-likeness (QED) is 0.802. The highest BCUT2D eigenvalue weighted by Crippen LogP contribution is 2.36. The van der Waals surface area contributed by atoms with Crippen molar-refractivity contribution in [3.63, 3.8) is 0 Å². The number of hydrogen-bond acceptors (Lipinski definition) is 3. The van der Waals surface area contributed by atoms with Crippen LogP contribution in [0.4, 0.5) is 5.69 Å². The van der Waals surface area contributed by atoms with E-state index in [1.165, 1.54) is 4.88 Å². The number of likely N-dealkylation sites (tertiary alicyclic amines) is 1. The van der Waals surface area contributed by atoms with Gasteiger partial charge >= 0.3 is 0 Å². The Labute approximate surface area is 150 Å². The Bertz CT molecular complexity index is 690. The molecule has 1 N–H and O–H groups in total. The minimum atomic E-state index is -0.212. The van der Waals surface area contributed by atoms with Crippen LogP contribution in [0.3, 0.4) is 0 Å². The van der Waals surface area contributed by atoms with Crippen LogP contribution >= 0.6 is 34.5 Å². The molecule has 0 spiro atoms. The highest BCUT2D eigenvalue weighted by molar-refractivity contribution is 7.10. The van der Waals surface area contributed by atoms with E-state index in [4.69, 9.17) is 23.2 Å². The van der Waals surface area contributed by atoms with Crippen LogP contribution < -0.4 is 5.32 Å². The van der Waals surface area contributed by atoms with Gasteiger partial charge in [0.05, 0.1) is 16.8 Å². The molecule has 3 rings (SSSR count). The lowest BCUT2D eigenvalue weighted by Crippen LogP contribution is -2.41. The summed E-state index contributed by atoms with van der Waals surface area (Å²) < 4.78 is 0. The maximum atomic E-state index is 12.6. The number of anilines is 1. The van der Waals surface area contributed by atoms with Crippen LogP contribution in [0.1, 0.15) is 30.7 Å². The number of hydrogen-bond donors (Lipinski definition) is 1. The number of amides is 1. The molecule has 0 bridgehead atoms. The first kappa shape index (κ1) is 16.8. The summed E-state index contributed by atoms with van der Waals surface area (Å²) in [6.07, 6.45) is 2.21. The van der Waals surface area contributed by atoms with E-state index in [9.17, 15) is 4.79 Å². The summed E-state index contributed by atoms with van der Waals surface area (Å²) in [5, 5.41) is 6.01. The Morgan fingerprint density at radius 2 is 2.22 bits per heavy atom. The number of carbonyl (C=O) groups is 1. The van der Waals surface area contributed by atoms with Crippen molar-refractivity contribution < 1.29 is 4.79 Å². The van der Waals surface area contributed by atoms with Crippen molar-refractivity contribution >= 4 is 46.1 Å². The van der Waals surface area contributed by atoms with Crippen LogP contribution in [-0.4, -0.2) is 23.4 Å². The van der Waals surface area contributed by atoms with Crippen molar-refractivity contribution in [3.8, 4) is 0 Å². The molecule has 6 heteroatoms.